The number of hydrogen-bond acceptors (Lipinski definition) is 4. The SMILES string of the molecule is COC(=O)COC=C1C(=O)Cc2ccccc21. The third-order valence-electron chi connectivity index (χ3n) is 2.59. The van der Waals surface area contributed by atoms with Gasteiger partial charge in [-0.05, 0) is 11.1 Å². The van der Waals surface area contributed by atoms with Gasteiger partial charge in [0.05, 0.1) is 18.9 Å². The maximum absolute atomic E-state index is 11.7. The molecule has 0 saturated heterocycles. The molecule has 0 saturated carbocycles. The predicted octanol–water partition coefficient (Wildman–Crippen LogP) is 1.34. The van der Waals surface area contributed by atoms with Crippen LogP contribution >= 0.6 is 0 Å². The van der Waals surface area contributed by atoms with Crippen LogP contribution < -0.4 is 0 Å². The van der Waals surface area contributed by atoms with Crippen LogP contribution in [0.1, 0.15) is 11.1 Å². The van der Waals surface area contributed by atoms with Crippen LogP contribution in [0.4, 0.5) is 0 Å². The summed E-state index contributed by atoms with van der Waals surface area (Å²) in [6.07, 6.45) is 1.73. The van der Waals surface area contributed by atoms with Crippen molar-refractivity contribution in [1.29, 1.82) is 0 Å². The fraction of sp³-hybridized carbons (Fsp3) is 0.231. The van der Waals surface area contributed by atoms with Crippen molar-refractivity contribution >= 4 is 17.3 Å². The number of hydrogen-bond donors (Lipinski definition) is 0. The largest absolute Gasteiger partial charge is 0.489 e. The van der Waals surface area contributed by atoms with Crippen molar-refractivity contribution in [2.24, 2.45) is 0 Å². The van der Waals surface area contributed by atoms with Gasteiger partial charge in [-0.2, -0.15) is 0 Å². The van der Waals surface area contributed by atoms with Gasteiger partial charge in [0.15, 0.2) is 12.4 Å². The molecular formula is C13H12O4. The molecule has 0 heterocycles. The number of rotatable bonds is 3. The molecule has 0 N–H and O–H groups in total. The lowest BCUT2D eigenvalue weighted by atomic mass is 10.1. The summed E-state index contributed by atoms with van der Waals surface area (Å²) < 4.78 is 9.47. The standard InChI is InChI=1S/C13H12O4/c1-16-13(15)8-17-7-11-10-5-3-2-4-9(10)6-12(11)14/h2-5,7H,6,8H2,1H3. The molecule has 0 radical (unpaired) electrons. The van der Waals surface area contributed by atoms with Gasteiger partial charge in [-0.25, -0.2) is 4.79 Å². The van der Waals surface area contributed by atoms with Crippen molar-refractivity contribution in [3.8, 4) is 0 Å². The lowest BCUT2D eigenvalue weighted by Crippen LogP contribution is -2.08. The number of allylic oxidation sites excluding steroid dienone is 1. The molecule has 0 fully saturated rings. The average Bonchev–Trinajstić information content (AvgIpc) is 2.66. The molecule has 0 aromatic heterocycles. The summed E-state index contributed by atoms with van der Waals surface area (Å²) in [6.45, 7) is -0.185. The van der Waals surface area contributed by atoms with Crippen LogP contribution in [0.2, 0.25) is 0 Å². The van der Waals surface area contributed by atoms with Gasteiger partial charge in [-0.15, -0.1) is 0 Å². The lowest BCUT2D eigenvalue weighted by molar-refractivity contribution is -0.144. The van der Waals surface area contributed by atoms with E-state index >= 15 is 0 Å². The first kappa shape index (κ1) is 11.4. The zero-order valence-corrected chi connectivity index (χ0v) is 9.43. The number of esters is 1. The number of ether oxygens (including phenoxy) is 2. The van der Waals surface area contributed by atoms with Gasteiger partial charge in [-0.1, -0.05) is 24.3 Å². The Balaban J connectivity index is 2.13. The van der Waals surface area contributed by atoms with Crippen LogP contribution in [0.25, 0.3) is 5.57 Å². The zero-order chi connectivity index (χ0) is 12.3. The summed E-state index contributed by atoms with van der Waals surface area (Å²) in [4.78, 5) is 22.6. The quantitative estimate of drug-likeness (QED) is 0.448. The number of benzene rings is 1. The molecule has 88 valence electrons. The summed E-state index contributed by atoms with van der Waals surface area (Å²) in [5.74, 6) is -0.461. The smallest absolute Gasteiger partial charge is 0.343 e. The van der Waals surface area contributed by atoms with Gasteiger partial charge >= 0.3 is 5.97 Å². The van der Waals surface area contributed by atoms with E-state index in [4.69, 9.17) is 4.74 Å². The third-order valence-corrected chi connectivity index (χ3v) is 2.59. The van der Waals surface area contributed by atoms with Crippen molar-refractivity contribution in [3.05, 3.63) is 41.7 Å². The lowest BCUT2D eigenvalue weighted by Gasteiger charge is -2.01. The number of Topliss-reactive ketones (excluding diaryl/α,β-unsaturated/α-hetero) is 1. The van der Waals surface area contributed by atoms with E-state index in [9.17, 15) is 9.59 Å². The van der Waals surface area contributed by atoms with Crippen molar-refractivity contribution in [3.63, 3.8) is 0 Å². The Kier molecular flexibility index (Phi) is 3.23. The van der Waals surface area contributed by atoms with E-state index < -0.39 is 5.97 Å². The molecule has 0 unspecified atom stereocenters. The molecule has 1 aliphatic carbocycles. The van der Waals surface area contributed by atoms with Crippen molar-refractivity contribution < 1.29 is 19.1 Å². The second-order valence-corrected chi connectivity index (χ2v) is 3.68. The molecule has 4 heteroatoms. The Labute approximate surface area is 98.8 Å². The van der Waals surface area contributed by atoms with Gasteiger partial charge in [0.25, 0.3) is 0 Å². The molecule has 17 heavy (non-hydrogen) atoms. The maximum atomic E-state index is 11.7. The first-order chi connectivity index (χ1) is 8.22. The summed E-state index contributed by atoms with van der Waals surface area (Å²) in [5.41, 5.74) is 2.39. The normalized spacial score (nSPS) is 15.8. The van der Waals surface area contributed by atoms with E-state index in [1.807, 2.05) is 24.3 Å². The molecule has 0 spiro atoms. The molecule has 1 aromatic carbocycles. The predicted molar refractivity (Wildman–Crippen MR) is 61.1 cm³/mol. The van der Waals surface area contributed by atoms with Crippen LogP contribution in [-0.2, 0) is 25.5 Å². The van der Waals surface area contributed by atoms with Crippen LogP contribution in [0.15, 0.2) is 30.5 Å². The highest BCUT2D eigenvalue weighted by Crippen LogP contribution is 2.28. The molecule has 4 nitrogen and oxygen atoms in total. The average molecular weight is 232 g/mol. The van der Waals surface area contributed by atoms with E-state index in [1.165, 1.54) is 13.4 Å². The van der Waals surface area contributed by atoms with Crippen LogP contribution in [0.5, 0.6) is 0 Å². The van der Waals surface area contributed by atoms with Crippen molar-refractivity contribution in [1.82, 2.24) is 0 Å². The van der Waals surface area contributed by atoms with Gasteiger partial charge in [-0.3, -0.25) is 4.79 Å². The topological polar surface area (TPSA) is 52.6 Å². The molecule has 0 atom stereocenters. The van der Waals surface area contributed by atoms with Gasteiger partial charge in [0.2, 0.25) is 0 Å². The highest BCUT2D eigenvalue weighted by Gasteiger charge is 2.24. The first-order valence-electron chi connectivity index (χ1n) is 5.22. The third kappa shape index (κ3) is 2.36. The summed E-state index contributed by atoms with van der Waals surface area (Å²) in [6, 6.07) is 7.54. The van der Waals surface area contributed by atoms with Crippen molar-refractivity contribution in [2.45, 2.75) is 6.42 Å². The Morgan fingerprint density at radius 2 is 2.18 bits per heavy atom. The Bertz CT molecular complexity index is 488. The fourth-order valence-electron chi connectivity index (χ4n) is 1.74. The van der Waals surface area contributed by atoms with Gasteiger partial charge in [0.1, 0.15) is 0 Å². The number of carbonyl (C=O) groups is 2. The van der Waals surface area contributed by atoms with Crippen LogP contribution in [-0.4, -0.2) is 25.5 Å². The molecule has 2 rings (SSSR count). The Morgan fingerprint density at radius 1 is 1.41 bits per heavy atom. The van der Waals surface area contributed by atoms with E-state index in [0.29, 0.717) is 12.0 Å². The highest BCUT2D eigenvalue weighted by atomic mass is 16.6. The number of ketones is 1. The molecule has 1 aromatic rings. The van der Waals surface area contributed by atoms with Gasteiger partial charge in [0, 0.05) is 6.42 Å². The highest BCUT2D eigenvalue weighted by molar-refractivity contribution is 6.25. The monoisotopic (exact) mass is 232 g/mol. The van der Waals surface area contributed by atoms with E-state index in [0.717, 1.165) is 11.1 Å². The van der Waals surface area contributed by atoms with Crippen LogP contribution in [0, 0.1) is 0 Å². The minimum atomic E-state index is -0.472. The fourth-order valence-corrected chi connectivity index (χ4v) is 1.74. The minimum absolute atomic E-state index is 0.0102. The molecule has 0 amide bonds. The Hall–Kier alpha value is -2.10. The molecular weight excluding hydrogens is 220 g/mol. The number of methoxy groups -OCH3 is 1. The second kappa shape index (κ2) is 4.82. The molecule has 0 aliphatic heterocycles. The summed E-state index contributed by atoms with van der Waals surface area (Å²) in [7, 11) is 1.29. The van der Waals surface area contributed by atoms with Crippen LogP contribution in [0.3, 0.4) is 0 Å². The Morgan fingerprint density at radius 3 is 2.94 bits per heavy atom. The van der Waals surface area contributed by atoms with Gasteiger partial charge < -0.3 is 9.47 Å². The minimum Gasteiger partial charge on any atom is -0.489 e. The van der Waals surface area contributed by atoms with Crippen molar-refractivity contribution in [2.75, 3.05) is 13.7 Å². The zero-order valence-electron chi connectivity index (χ0n) is 9.43. The van der Waals surface area contributed by atoms with E-state index in [1.54, 1.807) is 0 Å². The molecule has 1 aliphatic rings. The summed E-state index contributed by atoms with van der Waals surface area (Å²) in [5, 5.41) is 0. The first-order valence-corrected chi connectivity index (χ1v) is 5.22. The maximum Gasteiger partial charge on any atom is 0.343 e. The van der Waals surface area contributed by atoms with E-state index in [-0.39, 0.29) is 12.4 Å². The number of carbonyl (C=O) groups excluding carboxylic acids is 2. The second-order valence-electron chi connectivity index (χ2n) is 3.68. The summed E-state index contributed by atoms with van der Waals surface area (Å²) >= 11 is 0. The number of fused-ring (bicyclic) bond motifs is 1. The molecule has 0 bridgehead atoms. The van der Waals surface area contributed by atoms with E-state index in [2.05, 4.69) is 4.74 Å².